The van der Waals surface area contributed by atoms with Crippen LogP contribution < -0.4 is 5.32 Å². The Morgan fingerprint density at radius 3 is 2.42 bits per heavy atom. The van der Waals surface area contributed by atoms with Crippen LogP contribution in [0.3, 0.4) is 0 Å². The van der Waals surface area contributed by atoms with Crippen LogP contribution in [-0.2, 0) is 0 Å². The third-order valence-corrected chi connectivity index (χ3v) is 1.64. The molecule has 2 N–H and O–H groups in total. The number of phenols is 1. The molecule has 0 aromatic heterocycles. The topological polar surface area (TPSA) is 32.3 Å². The summed E-state index contributed by atoms with van der Waals surface area (Å²) in [7, 11) is 0. The number of hydrogen-bond acceptors (Lipinski definition) is 2. The molecule has 0 spiro atoms. The van der Waals surface area contributed by atoms with Gasteiger partial charge in [0.1, 0.15) is 5.75 Å². The van der Waals surface area contributed by atoms with Gasteiger partial charge in [0.25, 0.3) is 0 Å². The predicted molar refractivity (Wildman–Crippen MR) is 51.2 cm³/mol. The van der Waals surface area contributed by atoms with Gasteiger partial charge in [-0.25, -0.2) is 0 Å². The van der Waals surface area contributed by atoms with Gasteiger partial charge in [-0.1, -0.05) is 6.08 Å². The van der Waals surface area contributed by atoms with Crippen LogP contribution >= 0.6 is 0 Å². The average molecular weight is 163 g/mol. The van der Waals surface area contributed by atoms with Crippen molar-refractivity contribution in [1.82, 2.24) is 0 Å². The monoisotopic (exact) mass is 163 g/mol. The molecule has 64 valence electrons. The Hall–Kier alpha value is -1.44. The summed E-state index contributed by atoms with van der Waals surface area (Å²) in [6, 6.07) is 6.99. The van der Waals surface area contributed by atoms with Crippen molar-refractivity contribution in [2.45, 2.75) is 13.8 Å². The van der Waals surface area contributed by atoms with Crippen LogP contribution in [0.15, 0.2) is 36.0 Å². The molecule has 2 heteroatoms. The van der Waals surface area contributed by atoms with Crippen molar-refractivity contribution < 1.29 is 5.11 Å². The SMILES string of the molecule is C/C=C(/C)Nc1ccc(O)cc1. The third kappa shape index (κ3) is 2.31. The largest absolute Gasteiger partial charge is 0.508 e. The lowest BCUT2D eigenvalue weighted by molar-refractivity contribution is 0.475. The Balaban J connectivity index is 2.71. The number of anilines is 1. The molecule has 0 aliphatic carbocycles. The molecule has 0 saturated carbocycles. The van der Waals surface area contributed by atoms with Crippen molar-refractivity contribution >= 4 is 5.69 Å². The Labute approximate surface area is 72.5 Å². The number of aromatic hydroxyl groups is 1. The van der Waals surface area contributed by atoms with Crippen LogP contribution in [0.5, 0.6) is 5.75 Å². The smallest absolute Gasteiger partial charge is 0.115 e. The second-order valence-electron chi connectivity index (χ2n) is 2.64. The van der Waals surface area contributed by atoms with Gasteiger partial charge in [0.05, 0.1) is 0 Å². The van der Waals surface area contributed by atoms with E-state index in [4.69, 9.17) is 5.11 Å². The molecule has 0 atom stereocenters. The van der Waals surface area contributed by atoms with Gasteiger partial charge in [-0.3, -0.25) is 0 Å². The van der Waals surface area contributed by atoms with E-state index in [-0.39, 0.29) is 0 Å². The summed E-state index contributed by atoms with van der Waals surface area (Å²) in [6.07, 6.45) is 1.99. The molecule has 0 radical (unpaired) electrons. The Kier molecular flexibility index (Phi) is 2.75. The molecule has 12 heavy (non-hydrogen) atoms. The van der Waals surface area contributed by atoms with Crippen LogP contribution in [0.2, 0.25) is 0 Å². The quantitative estimate of drug-likeness (QED) is 0.657. The lowest BCUT2D eigenvalue weighted by Crippen LogP contribution is -1.93. The minimum atomic E-state index is 0.290. The molecule has 0 heterocycles. The lowest BCUT2D eigenvalue weighted by atomic mass is 10.3. The van der Waals surface area contributed by atoms with Crippen LogP contribution in [0.4, 0.5) is 5.69 Å². The highest BCUT2D eigenvalue weighted by Gasteiger charge is 1.91. The third-order valence-electron chi connectivity index (χ3n) is 1.64. The van der Waals surface area contributed by atoms with Crippen LogP contribution in [-0.4, -0.2) is 5.11 Å². The van der Waals surface area contributed by atoms with Crippen LogP contribution in [0.1, 0.15) is 13.8 Å². The fourth-order valence-electron chi connectivity index (χ4n) is 0.845. The van der Waals surface area contributed by atoms with Gasteiger partial charge in [0.15, 0.2) is 0 Å². The molecular formula is C10H13NO. The fraction of sp³-hybridized carbons (Fsp3) is 0.200. The average Bonchev–Trinajstić information content (AvgIpc) is 2.09. The molecular weight excluding hydrogens is 150 g/mol. The first kappa shape index (κ1) is 8.65. The molecule has 0 bridgehead atoms. The summed E-state index contributed by atoms with van der Waals surface area (Å²) in [5.41, 5.74) is 2.09. The van der Waals surface area contributed by atoms with Gasteiger partial charge in [-0.15, -0.1) is 0 Å². The van der Waals surface area contributed by atoms with Crippen molar-refractivity contribution in [3.8, 4) is 5.75 Å². The van der Waals surface area contributed by atoms with E-state index in [0.717, 1.165) is 11.4 Å². The molecule has 0 aliphatic rings. The number of nitrogens with one attached hydrogen (secondary N) is 1. The maximum Gasteiger partial charge on any atom is 0.115 e. The van der Waals surface area contributed by atoms with E-state index in [9.17, 15) is 0 Å². The first-order valence-electron chi connectivity index (χ1n) is 3.91. The Bertz CT molecular complexity index is 274. The number of rotatable bonds is 2. The zero-order valence-corrected chi connectivity index (χ0v) is 7.33. The first-order chi connectivity index (χ1) is 5.72. The van der Waals surface area contributed by atoms with E-state index in [0.29, 0.717) is 5.75 Å². The standard InChI is InChI=1S/C10H13NO/c1-3-8(2)11-9-4-6-10(12)7-5-9/h3-7,11-12H,1-2H3/b8-3-. The lowest BCUT2D eigenvalue weighted by Gasteiger charge is -2.05. The Morgan fingerprint density at radius 1 is 1.33 bits per heavy atom. The summed E-state index contributed by atoms with van der Waals surface area (Å²) in [6.45, 7) is 3.97. The summed E-state index contributed by atoms with van der Waals surface area (Å²) in [5, 5.41) is 12.2. The summed E-state index contributed by atoms with van der Waals surface area (Å²) >= 11 is 0. The van der Waals surface area contributed by atoms with E-state index < -0.39 is 0 Å². The van der Waals surface area contributed by atoms with Crippen molar-refractivity contribution in [2.24, 2.45) is 0 Å². The van der Waals surface area contributed by atoms with Crippen molar-refractivity contribution in [3.05, 3.63) is 36.0 Å². The van der Waals surface area contributed by atoms with Gasteiger partial charge in [0, 0.05) is 11.4 Å². The highest BCUT2D eigenvalue weighted by Crippen LogP contribution is 2.14. The molecule has 2 nitrogen and oxygen atoms in total. The highest BCUT2D eigenvalue weighted by atomic mass is 16.3. The molecule has 0 aliphatic heterocycles. The van der Waals surface area contributed by atoms with Gasteiger partial charge >= 0.3 is 0 Å². The van der Waals surface area contributed by atoms with E-state index in [2.05, 4.69) is 5.32 Å². The normalized spacial score (nSPS) is 11.3. The molecule has 0 fully saturated rings. The maximum atomic E-state index is 9.01. The molecule has 0 unspecified atom stereocenters. The summed E-state index contributed by atoms with van der Waals surface area (Å²) < 4.78 is 0. The second kappa shape index (κ2) is 3.81. The zero-order valence-electron chi connectivity index (χ0n) is 7.33. The van der Waals surface area contributed by atoms with E-state index in [1.165, 1.54) is 0 Å². The van der Waals surface area contributed by atoms with Gasteiger partial charge in [0.2, 0.25) is 0 Å². The number of phenolic OH excluding ortho intramolecular Hbond substituents is 1. The fourth-order valence-corrected chi connectivity index (χ4v) is 0.845. The van der Waals surface area contributed by atoms with Crippen LogP contribution in [0.25, 0.3) is 0 Å². The van der Waals surface area contributed by atoms with E-state index in [1.807, 2.05) is 32.1 Å². The number of hydrogen-bond donors (Lipinski definition) is 2. The Morgan fingerprint density at radius 2 is 1.92 bits per heavy atom. The predicted octanol–water partition coefficient (Wildman–Crippen LogP) is 2.73. The van der Waals surface area contributed by atoms with Crippen molar-refractivity contribution in [3.63, 3.8) is 0 Å². The van der Waals surface area contributed by atoms with Gasteiger partial charge in [-0.2, -0.15) is 0 Å². The van der Waals surface area contributed by atoms with E-state index in [1.54, 1.807) is 12.1 Å². The zero-order chi connectivity index (χ0) is 8.97. The van der Waals surface area contributed by atoms with Gasteiger partial charge < -0.3 is 10.4 Å². The minimum absolute atomic E-state index is 0.290. The molecule has 1 rings (SSSR count). The van der Waals surface area contributed by atoms with E-state index >= 15 is 0 Å². The van der Waals surface area contributed by atoms with Crippen molar-refractivity contribution in [2.75, 3.05) is 5.32 Å². The van der Waals surface area contributed by atoms with Gasteiger partial charge in [-0.05, 0) is 38.1 Å². The second-order valence-corrected chi connectivity index (χ2v) is 2.64. The maximum absolute atomic E-state index is 9.01. The molecule has 1 aromatic rings. The highest BCUT2D eigenvalue weighted by molar-refractivity contribution is 5.49. The molecule has 0 saturated heterocycles. The molecule has 1 aromatic carbocycles. The molecule has 0 amide bonds. The number of benzene rings is 1. The minimum Gasteiger partial charge on any atom is -0.508 e. The number of allylic oxidation sites excluding steroid dienone is 2. The van der Waals surface area contributed by atoms with Crippen LogP contribution in [0, 0.1) is 0 Å². The summed E-state index contributed by atoms with van der Waals surface area (Å²) in [4.78, 5) is 0. The van der Waals surface area contributed by atoms with Crippen molar-refractivity contribution in [1.29, 1.82) is 0 Å². The summed E-state index contributed by atoms with van der Waals surface area (Å²) in [5.74, 6) is 0.290. The first-order valence-corrected chi connectivity index (χ1v) is 3.91.